The SMILES string of the molecule is C[C@H]1C[C@H]2O[C@]3(CC[C@H]4[C@@H]5CC=C6C[C@@H](O)CC[C@]6(C)[C@H]5CC45CC53C)[C@H](C)[C@@H]2N(CCOCCOCc2ccccc2)C1. The highest BCUT2D eigenvalue weighted by Crippen LogP contribution is 2.87. The van der Waals surface area contributed by atoms with Crippen LogP contribution in [0, 0.1) is 45.8 Å². The van der Waals surface area contributed by atoms with E-state index in [0.717, 1.165) is 50.3 Å². The Balaban J connectivity index is 0.931. The van der Waals surface area contributed by atoms with Crippen LogP contribution in [-0.4, -0.2) is 66.8 Å². The van der Waals surface area contributed by atoms with E-state index in [1.165, 1.54) is 50.5 Å². The van der Waals surface area contributed by atoms with Gasteiger partial charge in [-0.1, -0.05) is 69.7 Å². The average Bonchev–Trinajstić information content (AvgIpc) is 3.35. The molecule has 1 aromatic rings. The van der Waals surface area contributed by atoms with Gasteiger partial charge in [0.15, 0.2) is 0 Å². The summed E-state index contributed by atoms with van der Waals surface area (Å²) in [4.78, 5) is 2.76. The smallest absolute Gasteiger partial charge is 0.0787 e. The molecule has 1 N–H and O–H groups in total. The summed E-state index contributed by atoms with van der Waals surface area (Å²) in [6, 6.07) is 10.9. The van der Waals surface area contributed by atoms with Crippen molar-refractivity contribution in [1.82, 2.24) is 4.90 Å². The largest absolute Gasteiger partial charge is 0.393 e. The van der Waals surface area contributed by atoms with E-state index in [2.05, 4.69) is 62.9 Å². The van der Waals surface area contributed by atoms with Gasteiger partial charge in [-0.2, -0.15) is 0 Å². The predicted octanol–water partition coefficient (Wildman–Crippen LogP) is 7.03. The van der Waals surface area contributed by atoms with Gasteiger partial charge in [-0.05, 0) is 97.9 Å². The minimum absolute atomic E-state index is 0.0146. The Labute approximate surface area is 266 Å². The molecule has 6 fully saturated rings. The second-order valence-electron chi connectivity index (χ2n) is 16.9. The van der Waals surface area contributed by atoms with E-state index in [1.807, 2.05) is 6.07 Å². The third-order valence-corrected chi connectivity index (χ3v) is 15.0. The highest BCUT2D eigenvalue weighted by molar-refractivity contribution is 5.36. The molecular formula is C39H57NO4. The molecule has 1 aromatic carbocycles. The minimum atomic E-state index is -0.123. The van der Waals surface area contributed by atoms with Crippen LogP contribution in [0.2, 0.25) is 0 Å². The molecule has 4 saturated carbocycles. The van der Waals surface area contributed by atoms with E-state index >= 15 is 0 Å². The van der Waals surface area contributed by atoms with Gasteiger partial charge in [0.05, 0.1) is 44.2 Å². The van der Waals surface area contributed by atoms with E-state index in [4.69, 9.17) is 14.2 Å². The van der Waals surface area contributed by atoms with Gasteiger partial charge in [-0.15, -0.1) is 0 Å². The maximum Gasteiger partial charge on any atom is 0.0787 e. The Kier molecular flexibility index (Phi) is 7.46. The Morgan fingerprint density at radius 2 is 1.82 bits per heavy atom. The molecule has 5 aliphatic carbocycles. The first-order valence-electron chi connectivity index (χ1n) is 18.2. The molecule has 0 aromatic heterocycles. The topological polar surface area (TPSA) is 51.2 Å². The van der Waals surface area contributed by atoms with Gasteiger partial charge in [-0.25, -0.2) is 0 Å². The number of allylic oxidation sites excluding steroid dienone is 1. The lowest BCUT2D eigenvalue weighted by molar-refractivity contribution is -0.148. The van der Waals surface area contributed by atoms with Crippen molar-refractivity contribution >= 4 is 0 Å². The van der Waals surface area contributed by atoms with Crippen LogP contribution < -0.4 is 0 Å². The van der Waals surface area contributed by atoms with Crippen molar-refractivity contribution in [2.24, 2.45) is 45.8 Å². The Morgan fingerprint density at radius 1 is 1.00 bits per heavy atom. The number of likely N-dealkylation sites (tertiary alicyclic amines) is 1. The van der Waals surface area contributed by atoms with Crippen molar-refractivity contribution in [2.45, 2.75) is 116 Å². The molecule has 2 aliphatic heterocycles. The van der Waals surface area contributed by atoms with Crippen LogP contribution in [-0.2, 0) is 20.8 Å². The van der Waals surface area contributed by atoms with E-state index in [-0.39, 0.29) is 11.7 Å². The molecular weight excluding hydrogens is 546 g/mol. The van der Waals surface area contributed by atoms with Gasteiger partial charge in [0.2, 0.25) is 0 Å². The Hall–Kier alpha value is -1.24. The summed E-state index contributed by atoms with van der Waals surface area (Å²) in [7, 11) is 0. The molecule has 8 rings (SSSR count). The molecule has 2 heterocycles. The molecule has 12 atom stereocenters. The lowest BCUT2D eigenvalue weighted by Gasteiger charge is -2.50. The summed E-state index contributed by atoms with van der Waals surface area (Å²) < 4.78 is 19.5. The molecule has 44 heavy (non-hydrogen) atoms. The molecule has 0 amide bonds. The standard InChI is InChI=1S/C39H57NO4/c1-26-20-34-35(40(23-26)16-17-42-18-19-43-24-28-8-6-5-7-9-28)27(2)39(44-34)15-13-32-31-11-10-29-21-30(41)12-14-36(29,3)33(31)22-38(32)25-37(38,39)4/h5-10,26-27,30-35,41H,11-25H2,1-4H3/t26-,27+,30-,31-,32-,33-,34+,35-,36-,37?,38?,39+/m0/s1. The number of fused-ring (bicyclic) bond motifs is 6. The normalized spacial score (nSPS) is 49.1. The van der Waals surface area contributed by atoms with Crippen molar-refractivity contribution < 1.29 is 19.3 Å². The fraction of sp³-hybridized carbons (Fsp3) is 0.795. The third-order valence-electron chi connectivity index (χ3n) is 15.0. The summed E-state index contributed by atoms with van der Waals surface area (Å²) in [5.74, 6) is 3.70. The van der Waals surface area contributed by atoms with Gasteiger partial charge in [0.25, 0.3) is 0 Å². The van der Waals surface area contributed by atoms with Gasteiger partial charge in [-0.3, -0.25) is 4.90 Å². The second kappa shape index (κ2) is 10.9. The zero-order chi connectivity index (χ0) is 30.3. The van der Waals surface area contributed by atoms with Crippen LogP contribution in [0.1, 0.15) is 91.0 Å². The number of nitrogens with zero attached hydrogens (tertiary/aromatic N) is 1. The van der Waals surface area contributed by atoms with Crippen molar-refractivity contribution in [1.29, 1.82) is 0 Å². The summed E-state index contributed by atoms with van der Waals surface area (Å²) in [6.07, 6.45) is 13.7. The van der Waals surface area contributed by atoms with Gasteiger partial charge >= 0.3 is 0 Å². The van der Waals surface area contributed by atoms with Crippen molar-refractivity contribution in [2.75, 3.05) is 32.9 Å². The van der Waals surface area contributed by atoms with Gasteiger partial charge in [0.1, 0.15) is 0 Å². The summed E-state index contributed by atoms with van der Waals surface area (Å²) >= 11 is 0. The maximum absolute atomic E-state index is 10.5. The summed E-state index contributed by atoms with van der Waals surface area (Å²) in [6.45, 7) is 15.1. The van der Waals surface area contributed by atoms with E-state index < -0.39 is 0 Å². The highest BCUT2D eigenvalue weighted by Gasteiger charge is 2.84. The van der Waals surface area contributed by atoms with Crippen LogP contribution in [0.25, 0.3) is 0 Å². The second-order valence-corrected chi connectivity index (χ2v) is 16.9. The van der Waals surface area contributed by atoms with Crippen LogP contribution in [0.3, 0.4) is 0 Å². The fourth-order valence-electron chi connectivity index (χ4n) is 12.9. The van der Waals surface area contributed by atoms with E-state index in [0.29, 0.717) is 60.0 Å². The number of ether oxygens (including phenoxy) is 3. The van der Waals surface area contributed by atoms with Gasteiger partial charge in [0, 0.05) is 30.5 Å². The Morgan fingerprint density at radius 3 is 2.66 bits per heavy atom. The lowest BCUT2D eigenvalue weighted by Crippen LogP contribution is -2.55. The van der Waals surface area contributed by atoms with Crippen molar-refractivity contribution in [3.05, 3.63) is 47.5 Å². The molecule has 0 radical (unpaired) electrons. The number of piperidine rings is 1. The maximum atomic E-state index is 10.5. The molecule has 7 aliphatic rings. The number of aliphatic hydroxyl groups excluding tert-OH is 1. The third kappa shape index (κ3) is 4.35. The Bertz CT molecular complexity index is 1250. The first kappa shape index (κ1) is 30.1. The van der Waals surface area contributed by atoms with Crippen molar-refractivity contribution in [3.8, 4) is 0 Å². The van der Waals surface area contributed by atoms with Crippen LogP contribution >= 0.6 is 0 Å². The van der Waals surface area contributed by atoms with Crippen LogP contribution in [0.4, 0.5) is 0 Å². The molecule has 2 unspecified atom stereocenters. The number of hydrogen-bond acceptors (Lipinski definition) is 5. The van der Waals surface area contributed by atoms with E-state index in [1.54, 1.807) is 5.57 Å². The quantitative estimate of drug-likeness (QED) is 0.256. The van der Waals surface area contributed by atoms with Gasteiger partial charge < -0.3 is 19.3 Å². The molecule has 2 spiro atoms. The fourth-order valence-corrected chi connectivity index (χ4v) is 12.9. The number of aliphatic hydroxyl groups is 1. The summed E-state index contributed by atoms with van der Waals surface area (Å²) in [5, 5.41) is 10.5. The van der Waals surface area contributed by atoms with Crippen LogP contribution in [0.5, 0.6) is 0 Å². The first-order valence-corrected chi connectivity index (χ1v) is 18.2. The molecule has 2 saturated heterocycles. The minimum Gasteiger partial charge on any atom is -0.393 e. The molecule has 5 nitrogen and oxygen atoms in total. The lowest BCUT2D eigenvalue weighted by atomic mass is 9.56. The zero-order valence-corrected chi connectivity index (χ0v) is 27.8. The molecule has 0 bridgehead atoms. The molecule has 242 valence electrons. The number of hydrogen-bond donors (Lipinski definition) is 1. The first-order chi connectivity index (χ1) is 21.2. The summed E-state index contributed by atoms with van der Waals surface area (Å²) in [5.41, 5.74) is 3.88. The average molecular weight is 604 g/mol. The zero-order valence-electron chi connectivity index (χ0n) is 27.8. The number of rotatable bonds is 8. The van der Waals surface area contributed by atoms with E-state index in [9.17, 15) is 5.11 Å². The van der Waals surface area contributed by atoms with Crippen LogP contribution in [0.15, 0.2) is 42.0 Å². The monoisotopic (exact) mass is 603 g/mol. The highest BCUT2D eigenvalue weighted by atomic mass is 16.5. The van der Waals surface area contributed by atoms with Crippen molar-refractivity contribution in [3.63, 3.8) is 0 Å². The predicted molar refractivity (Wildman–Crippen MR) is 173 cm³/mol. The number of benzene rings is 1. The molecule has 5 heteroatoms.